The quantitative estimate of drug-likeness (QED) is 0.789. The molecule has 0 N–H and O–H groups in total. The van der Waals surface area contributed by atoms with Gasteiger partial charge in [0.1, 0.15) is 0 Å². The molecule has 2 aromatic heterocycles. The second-order valence-corrected chi connectivity index (χ2v) is 5.22. The van der Waals surface area contributed by atoms with Crippen molar-refractivity contribution >= 4 is 33.4 Å². The summed E-state index contributed by atoms with van der Waals surface area (Å²) in [6.45, 7) is 3.58. The van der Waals surface area contributed by atoms with Crippen molar-refractivity contribution < 1.29 is 23.8 Å². The maximum absolute atomic E-state index is 11.8. The molecule has 0 aliphatic carbocycles. The van der Waals surface area contributed by atoms with Crippen LogP contribution >= 0.6 is 11.3 Å². The molecule has 0 unspecified atom stereocenters. The van der Waals surface area contributed by atoms with E-state index in [1.54, 1.807) is 13.1 Å². The van der Waals surface area contributed by atoms with E-state index in [-0.39, 0.29) is 13.2 Å². The summed E-state index contributed by atoms with van der Waals surface area (Å²) in [7, 11) is 1.30. The highest BCUT2D eigenvalue weighted by atomic mass is 32.1. The van der Waals surface area contributed by atoms with Crippen LogP contribution < -0.4 is 4.74 Å². The molecule has 7 heteroatoms. The third kappa shape index (κ3) is 3.30. The second kappa shape index (κ2) is 6.53. The molecule has 0 radical (unpaired) electrons. The number of aromatic nitrogens is 1. The predicted molar refractivity (Wildman–Crippen MR) is 77.8 cm³/mol. The van der Waals surface area contributed by atoms with E-state index in [4.69, 9.17) is 14.2 Å². The summed E-state index contributed by atoms with van der Waals surface area (Å²) in [6, 6.07) is 1.85. The number of pyridine rings is 1. The molecule has 0 bridgehead atoms. The molecule has 0 spiro atoms. The molecule has 0 saturated heterocycles. The minimum Gasteiger partial charge on any atom is -0.479 e. The molecular formula is C14H15NO5S. The zero-order valence-corrected chi connectivity index (χ0v) is 12.8. The number of nitrogens with zero attached hydrogens (tertiary/aromatic N) is 1. The Bertz CT molecular complexity index is 679. The molecule has 6 nitrogen and oxygen atoms in total. The van der Waals surface area contributed by atoms with Crippen molar-refractivity contribution in [2.45, 2.75) is 13.8 Å². The van der Waals surface area contributed by atoms with Crippen molar-refractivity contribution in [1.29, 1.82) is 0 Å². The summed E-state index contributed by atoms with van der Waals surface area (Å²) in [4.78, 5) is 27.7. The molecule has 0 saturated carbocycles. The fourth-order valence-electron chi connectivity index (χ4n) is 1.77. The Hall–Kier alpha value is -2.15. The number of aryl methyl sites for hydroxylation is 1. The van der Waals surface area contributed by atoms with Gasteiger partial charge in [-0.15, -0.1) is 11.3 Å². The van der Waals surface area contributed by atoms with Crippen molar-refractivity contribution in [2.24, 2.45) is 0 Å². The van der Waals surface area contributed by atoms with Crippen molar-refractivity contribution in [1.82, 2.24) is 4.98 Å². The standard InChI is InChI=1S/C14H15NO5S/c1-4-19-11(16)7-20-12-9-6-15-8(2)5-10(9)21-13(12)14(17)18-3/h5-6H,4,7H2,1-3H3. The van der Waals surface area contributed by atoms with Crippen LogP contribution in [0.25, 0.3) is 10.1 Å². The number of fused-ring (bicyclic) bond motifs is 1. The van der Waals surface area contributed by atoms with Gasteiger partial charge in [0.2, 0.25) is 0 Å². The molecule has 2 heterocycles. The Morgan fingerprint density at radius 3 is 2.81 bits per heavy atom. The van der Waals surface area contributed by atoms with Crippen molar-refractivity contribution in [3.05, 3.63) is 22.8 Å². The summed E-state index contributed by atoms with van der Waals surface area (Å²) in [5, 5.41) is 0.676. The molecule has 0 aliphatic heterocycles. The van der Waals surface area contributed by atoms with Gasteiger partial charge in [0.05, 0.1) is 19.1 Å². The molecule has 0 amide bonds. The first-order valence-electron chi connectivity index (χ1n) is 6.32. The first-order valence-corrected chi connectivity index (χ1v) is 7.14. The first kappa shape index (κ1) is 15.2. The Morgan fingerprint density at radius 2 is 2.14 bits per heavy atom. The summed E-state index contributed by atoms with van der Waals surface area (Å²) >= 11 is 1.24. The van der Waals surface area contributed by atoms with Gasteiger partial charge in [0, 0.05) is 16.6 Å². The van der Waals surface area contributed by atoms with E-state index in [0.29, 0.717) is 16.0 Å². The molecule has 0 aliphatic rings. The third-order valence-corrected chi connectivity index (χ3v) is 3.79. The third-order valence-electron chi connectivity index (χ3n) is 2.68. The van der Waals surface area contributed by atoms with E-state index in [1.165, 1.54) is 18.4 Å². The van der Waals surface area contributed by atoms with Gasteiger partial charge in [-0.1, -0.05) is 0 Å². The molecule has 2 rings (SSSR count). The Labute approximate surface area is 125 Å². The largest absolute Gasteiger partial charge is 0.479 e. The highest BCUT2D eigenvalue weighted by Gasteiger charge is 2.22. The van der Waals surface area contributed by atoms with Crippen LogP contribution in [0.1, 0.15) is 22.3 Å². The monoisotopic (exact) mass is 309 g/mol. The van der Waals surface area contributed by atoms with Crippen LogP contribution in [-0.2, 0) is 14.3 Å². The lowest BCUT2D eigenvalue weighted by molar-refractivity contribution is -0.145. The second-order valence-electron chi connectivity index (χ2n) is 4.17. The van der Waals surface area contributed by atoms with Crippen LogP contribution in [0.2, 0.25) is 0 Å². The number of methoxy groups -OCH3 is 1. The number of ether oxygens (including phenoxy) is 3. The Morgan fingerprint density at radius 1 is 1.38 bits per heavy atom. The summed E-state index contributed by atoms with van der Waals surface area (Å²) in [5.74, 6) is -0.692. The lowest BCUT2D eigenvalue weighted by Crippen LogP contribution is -2.15. The van der Waals surface area contributed by atoms with Gasteiger partial charge in [-0.3, -0.25) is 4.98 Å². The van der Waals surface area contributed by atoms with Gasteiger partial charge in [-0.05, 0) is 19.9 Å². The van der Waals surface area contributed by atoms with Crippen molar-refractivity contribution in [2.75, 3.05) is 20.3 Å². The first-order chi connectivity index (χ1) is 10.1. The highest BCUT2D eigenvalue weighted by Crippen LogP contribution is 2.38. The summed E-state index contributed by atoms with van der Waals surface area (Å²) in [5.41, 5.74) is 0.831. The van der Waals surface area contributed by atoms with Crippen LogP contribution in [0.15, 0.2) is 12.3 Å². The zero-order valence-electron chi connectivity index (χ0n) is 12.0. The summed E-state index contributed by atoms with van der Waals surface area (Å²) < 4.78 is 15.9. The fraction of sp³-hybridized carbons (Fsp3) is 0.357. The molecule has 2 aromatic rings. The number of carbonyl (C=O) groups excluding carboxylic acids is 2. The molecular weight excluding hydrogens is 294 g/mol. The minimum absolute atomic E-state index is 0.266. The smallest absolute Gasteiger partial charge is 0.351 e. The number of esters is 2. The Balaban J connectivity index is 2.38. The van der Waals surface area contributed by atoms with Crippen LogP contribution in [0.4, 0.5) is 0 Å². The number of carbonyl (C=O) groups is 2. The average Bonchev–Trinajstić information content (AvgIpc) is 2.82. The lowest BCUT2D eigenvalue weighted by atomic mass is 10.2. The Kier molecular flexibility index (Phi) is 4.74. The van der Waals surface area contributed by atoms with Crippen LogP contribution in [0.3, 0.4) is 0 Å². The van der Waals surface area contributed by atoms with Crippen LogP contribution in [-0.4, -0.2) is 37.2 Å². The van der Waals surface area contributed by atoms with Crippen molar-refractivity contribution in [3.63, 3.8) is 0 Å². The summed E-state index contributed by atoms with van der Waals surface area (Å²) in [6.07, 6.45) is 1.62. The van der Waals surface area contributed by atoms with Gasteiger partial charge in [-0.25, -0.2) is 9.59 Å². The van der Waals surface area contributed by atoms with Crippen LogP contribution in [0.5, 0.6) is 5.75 Å². The van der Waals surface area contributed by atoms with Crippen LogP contribution in [0, 0.1) is 6.92 Å². The molecule has 0 aromatic carbocycles. The van der Waals surface area contributed by atoms with E-state index in [0.717, 1.165) is 10.4 Å². The number of thiophene rings is 1. The number of hydrogen-bond acceptors (Lipinski definition) is 7. The molecule has 21 heavy (non-hydrogen) atoms. The number of hydrogen-bond donors (Lipinski definition) is 0. The SMILES string of the molecule is CCOC(=O)COc1c(C(=O)OC)sc2cc(C)ncc12. The highest BCUT2D eigenvalue weighted by molar-refractivity contribution is 7.21. The van der Waals surface area contributed by atoms with E-state index >= 15 is 0 Å². The van der Waals surface area contributed by atoms with E-state index in [2.05, 4.69) is 4.98 Å². The normalized spacial score (nSPS) is 10.4. The van der Waals surface area contributed by atoms with Gasteiger partial charge < -0.3 is 14.2 Å². The van der Waals surface area contributed by atoms with E-state index in [9.17, 15) is 9.59 Å². The maximum atomic E-state index is 11.8. The lowest BCUT2D eigenvalue weighted by Gasteiger charge is -2.06. The average molecular weight is 309 g/mol. The molecule has 0 fully saturated rings. The fourth-order valence-corrected chi connectivity index (χ4v) is 2.91. The molecule has 0 atom stereocenters. The van der Waals surface area contributed by atoms with Crippen molar-refractivity contribution in [3.8, 4) is 5.75 Å². The topological polar surface area (TPSA) is 74.7 Å². The van der Waals surface area contributed by atoms with Gasteiger partial charge in [0.25, 0.3) is 0 Å². The molecule has 112 valence electrons. The van der Waals surface area contributed by atoms with Gasteiger partial charge >= 0.3 is 11.9 Å². The number of rotatable bonds is 5. The minimum atomic E-state index is -0.507. The van der Waals surface area contributed by atoms with E-state index in [1.807, 2.05) is 13.0 Å². The van der Waals surface area contributed by atoms with E-state index < -0.39 is 11.9 Å². The predicted octanol–water partition coefficient (Wildman–Crippen LogP) is 2.33. The van der Waals surface area contributed by atoms with Gasteiger partial charge in [0.15, 0.2) is 17.2 Å². The maximum Gasteiger partial charge on any atom is 0.351 e. The zero-order chi connectivity index (χ0) is 15.4. The van der Waals surface area contributed by atoms with Gasteiger partial charge in [-0.2, -0.15) is 0 Å².